The summed E-state index contributed by atoms with van der Waals surface area (Å²) < 4.78 is 0. The maximum atomic E-state index is 5.66. The van der Waals surface area contributed by atoms with Gasteiger partial charge in [-0.25, -0.2) is 9.97 Å². The molecule has 3 aliphatic rings. The van der Waals surface area contributed by atoms with Crippen molar-refractivity contribution < 1.29 is 0 Å². The number of para-hydroxylation sites is 1. The van der Waals surface area contributed by atoms with Crippen LogP contribution in [0.15, 0.2) is 188 Å². The van der Waals surface area contributed by atoms with Gasteiger partial charge in [-0.1, -0.05) is 185 Å². The molecule has 2 nitrogen and oxygen atoms in total. The van der Waals surface area contributed by atoms with E-state index in [1.807, 2.05) is 0 Å². The Kier molecular flexibility index (Phi) is 7.86. The van der Waals surface area contributed by atoms with Gasteiger partial charge < -0.3 is 0 Å². The minimum atomic E-state index is -0.109. The fraction of sp³-hybridized carbons (Fsp3) is 0.129. The van der Waals surface area contributed by atoms with E-state index in [2.05, 4.69) is 210 Å². The van der Waals surface area contributed by atoms with Crippen molar-refractivity contribution in [2.24, 2.45) is 0 Å². The molecular weight excluding hydrogens is 773 g/mol. The lowest BCUT2D eigenvalue weighted by Crippen LogP contribution is -2.17. The predicted molar refractivity (Wildman–Crippen MR) is 270 cm³/mol. The van der Waals surface area contributed by atoms with Gasteiger partial charge in [0, 0.05) is 43.5 Å². The highest BCUT2D eigenvalue weighted by Crippen LogP contribution is 2.53. The smallest absolute Gasteiger partial charge is 0.0794 e. The van der Waals surface area contributed by atoms with Crippen molar-refractivity contribution in [3.05, 3.63) is 210 Å². The van der Waals surface area contributed by atoms with E-state index in [-0.39, 0.29) is 10.8 Å². The Morgan fingerprint density at radius 2 is 1.02 bits per heavy atom. The van der Waals surface area contributed by atoms with Crippen molar-refractivity contribution in [3.8, 4) is 55.9 Å². The highest BCUT2D eigenvalue weighted by atomic mass is 14.7. The standard InChI is InChI=1S/C62H46N2/c1-61(2)53-22-12-9-17-43(53)45-31-29-39(33-55(45)61)51-36-58(40-30-32-46-44-18-10-13-23-54(44)62(3,4)56(46)34-40)64-60-49-21-8-6-16-42(49)50(35-52(51)60)37-25-27-38(28-26-37)59-48-20-7-5-15-41(48)47-19-11-14-24-57(47)63-59/h5-11,13-21,23-36H,12,22H2,1-4H3. The van der Waals surface area contributed by atoms with Gasteiger partial charge >= 0.3 is 0 Å². The Bertz CT molecular complexity index is 3710. The Balaban J connectivity index is 1.02. The van der Waals surface area contributed by atoms with E-state index >= 15 is 0 Å². The van der Waals surface area contributed by atoms with E-state index in [9.17, 15) is 0 Å². The number of nitrogens with zero attached hydrogens (tertiary/aromatic N) is 2. The Labute approximate surface area is 374 Å². The molecule has 304 valence electrons. The number of pyridine rings is 2. The molecule has 0 unspecified atom stereocenters. The van der Waals surface area contributed by atoms with Crippen LogP contribution in [0.1, 0.15) is 62.8 Å². The number of hydrogen-bond acceptors (Lipinski definition) is 2. The molecule has 0 N–H and O–H groups in total. The lowest BCUT2D eigenvalue weighted by atomic mass is 9.78. The van der Waals surface area contributed by atoms with E-state index in [0.717, 1.165) is 62.5 Å². The van der Waals surface area contributed by atoms with Gasteiger partial charge in [0.1, 0.15) is 0 Å². The van der Waals surface area contributed by atoms with E-state index in [0.29, 0.717) is 0 Å². The summed E-state index contributed by atoms with van der Waals surface area (Å²) in [5.74, 6) is 0. The topological polar surface area (TPSA) is 25.8 Å². The van der Waals surface area contributed by atoms with Gasteiger partial charge in [0.15, 0.2) is 0 Å². The summed E-state index contributed by atoms with van der Waals surface area (Å²) in [6.45, 7) is 9.56. The van der Waals surface area contributed by atoms with E-state index in [4.69, 9.17) is 9.97 Å². The molecule has 0 spiro atoms. The third kappa shape index (κ3) is 5.32. The second-order valence-electron chi connectivity index (χ2n) is 19.2. The average molecular weight is 819 g/mol. The zero-order valence-corrected chi connectivity index (χ0v) is 36.6. The largest absolute Gasteiger partial charge is 0.247 e. The highest BCUT2D eigenvalue weighted by molar-refractivity contribution is 6.17. The molecule has 0 saturated heterocycles. The van der Waals surface area contributed by atoms with Crippen LogP contribution in [0, 0.1) is 0 Å². The number of benzene rings is 8. The van der Waals surface area contributed by atoms with Gasteiger partial charge in [-0.2, -0.15) is 0 Å². The van der Waals surface area contributed by atoms with Crippen LogP contribution in [0.2, 0.25) is 0 Å². The second kappa shape index (κ2) is 13.5. The number of rotatable bonds is 4. The van der Waals surface area contributed by atoms with Crippen molar-refractivity contribution in [1.82, 2.24) is 9.97 Å². The van der Waals surface area contributed by atoms with Gasteiger partial charge in [0.25, 0.3) is 0 Å². The van der Waals surface area contributed by atoms with Crippen LogP contribution >= 0.6 is 0 Å². The van der Waals surface area contributed by atoms with Crippen LogP contribution in [0.4, 0.5) is 0 Å². The van der Waals surface area contributed by atoms with Crippen LogP contribution in [0.3, 0.4) is 0 Å². The van der Waals surface area contributed by atoms with Gasteiger partial charge in [-0.15, -0.1) is 0 Å². The first-order valence-corrected chi connectivity index (χ1v) is 22.8. The lowest BCUT2D eigenvalue weighted by Gasteiger charge is -2.26. The molecule has 10 aromatic rings. The molecule has 0 bridgehead atoms. The molecule has 13 rings (SSSR count). The van der Waals surface area contributed by atoms with Gasteiger partial charge in [0.05, 0.1) is 22.4 Å². The van der Waals surface area contributed by atoms with E-state index in [1.165, 1.54) is 77.4 Å². The number of allylic oxidation sites excluding steroid dienone is 4. The average Bonchev–Trinajstić information content (AvgIpc) is 3.72. The van der Waals surface area contributed by atoms with Crippen LogP contribution in [-0.4, -0.2) is 9.97 Å². The van der Waals surface area contributed by atoms with Crippen molar-refractivity contribution in [2.45, 2.75) is 51.4 Å². The first kappa shape index (κ1) is 37.2. The van der Waals surface area contributed by atoms with Crippen LogP contribution < -0.4 is 0 Å². The SMILES string of the molecule is CC1(C)C2=C(C=CCC2)c2ccc(-c3cc(-c4ccc5c(c4)C(C)(C)c4ccccc4-5)nc4c3cc(-c3ccc(-c5nc6ccccc6c6ccccc56)cc3)c3ccccc34)cc21. The summed E-state index contributed by atoms with van der Waals surface area (Å²) in [7, 11) is 0. The third-order valence-corrected chi connectivity index (χ3v) is 15.0. The third-order valence-electron chi connectivity index (χ3n) is 15.0. The summed E-state index contributed by atoms with van der Waals surface area (Å²) >= 11 is 0. The maximum absolute atomic E-state index is 5.66. The van der Waals surface area contributed by atoms with E-state index in [1.54, 1.807) is 5.57 Å². The number of fused-ring (bicyclic) bond motifs is 11. The molecule has 0 atom stereocenters. The first-order chi connectivity index (χ1) is 31.2. The van der Waals surface area contributed by atoms with E-state index < -0.39 is 0 Å². The summed E-state index contributed by atoms with van der Waals surface area (Å²) in [5.41, 5.74) is 22.1. The quantitative estimate of drug-likeness (QED) is 0.165. The zero-order chi connectivity index (χ0) is 42.9. The van der Waals surface area contributed by atoms with Gasteiger partial charge in [-0.05, 0) is 115 Å². The molecular formula is C62H46N2. The molecule has 2 heterocycles. The Morgan fingerprint density at radius 1 is 0.406 bits per heavy atom. The number of hydrogen-bond donors (Lipinski definition) is 0. The highest BCUT2D eigenvalue weighted by Gasteiger charge is 2.38. The maximum Gasteiger partial charge on any atom is 0.0794 e. The van der Waals surface area contributed by atoms with Crippen LogP contribution in [-0.2, 0) is 10.8 Å². The monoisotopic (exact) mass is 818 g/mol. The molecule has 3 aliphatic carbocycles. The summed E-state index contributed by atoms with van der Waals surface area (Å²) in [4.78, 5) is 10.9. The molecule has 0 amide bonds. The fourth-order valence-corrected chi connectivity index (χ4v) is 11.7. The Hall–Kier alpha value is -7.42. The van der Waals surface area contributed by atoms with Crippen LogP contribution in [0.5, 0.6) is 0 Å². The normalized spacial score (nSPS) is 15.5. The zero-order valence-electron chi connectivity index (χ0n) is 36.6. The molecule has 0 radical (unpaired) electrons. The molecule has 8 aromatic carbocycles. The molecule has 0 saturated carbocycles. The molecule has 2 heteroatoms. The second-order valence-corrected chi connectivity index (χ2v) is 19.2. The lowest BCUT2D eigenvalue weighted by molar-refractivity contribution is 0.607. The predicted octanol–water partition coefficient (Wildman–Crippen LogP) is 16.5. The van der Waals surface area contributed by atoms with Crippen molar-refractivity contribution in [1.29, 1.82) is 0 Å². The summed E-state index contributed by atoms with van der Waals surface area (Å²) in [6.07, 6.45) is 6.93. The van der Waals surface area contributed by atoms with Crippen molar-refractivity contribution in [2.75, 3.05) is 0 Å². The first-order valence-electron chi connectivity index (χ1n) is 22.8. The van der Waals surface area contributed by atoms with Crippen molar-refractivity contribution >= 4 is 48.9 Å². The Morgan fingerprint density at radius 3 is 1.86 bits per heavy atom. The van der Waals surface area contributed by atoms with Crippen molar-refractivity contribution in [3.63, 3.8) is 0 Å². The van der Waals surface area contributed by atoms with Gasteiger partial charge in [0.2, 0.25) is 0 Å². The molecule has 2 aromatic heterocycles. The molecule has 0 fully saturated rings. The minimum Gasteiger partial charge on any atom is -0.247 e. The minimum absolute atomic E-state index is 0.0392. The fourth-order valence-electron chi connectivity index (χ4n) is 11.7. The number of aromatic nitrogens is 2. The molecule has 64 heavy (non-hydrogen) atoms. The molecule has 0 aliphatic heterocycles. The van der Waals surface area contributed by atoms with Gasteiger partial charge in [-0.3, -0.25) is 0 Å². The van der Waals surface area contributed by atoms with Crippen LogP contribution in [0.25, 0.3) is 105 Å². The summed E-state index contributed by atoms with van der Waals surface area (Å²) in [6, 6.07) is 62.9. The summed E-state index contributed by atoms with van der Waals surface area (Å²) in [5, 5.41) is 7.07.